The Bertz CT molecular complexity index is 368. The number of thiophene rings is 1. The third-order valence-electron chi connectivity index (χ3n) is 2.33. The summed E-state index contributed by atoms with van der Waals surface area (Å²) in [6, 6.07) is 0. The summed E-state index contributed by atoms with van der Waals surface area (Å²) in [4.78, 5) is 23.3. The minimum Gasteiger partial charge on any atom is -0.468 e. The molecule has 0 bridgehead atoms. The monoisotopic (exact) mass is 226 g/mol. The van der Waals surface area contributed by atoms with Gasteiger partial charge in [-0.1, -0.05) is 6.92 Å². The lowest BCUT2D eigenvalue weighted by Crippen LogP contribution is -2.24. The van der Waals surface area contributed by atoms with Crippen molar-refractivity contribution in [3.05, 3.63) is 21.9 Å². The second-order valence-electron chi connectivity index (χ2n) is 3.32. The molecule has 0 aliphatic heterocycles. The zero-order valence-electron chi connectivity index (χ0n) is 9.07. The quantitative estimate of drug-likeness (QED) is 0.450. The Hall–Kier alpha value is -1.16. The molecule has 0 amide bonds. The van der Waals surface area contributed by atoms with E-state index in [9.17, 15) is 9.59 Å². The summed E-state index contributed by atoms with van der Waals surface area (Å²) in [6.45, 7) is 3.68. The smallest absolute Gasteiger partial charge is 0.316 e. The van der Waals surface area contributed by atoms with E-state index < -0.39 is 11.9 Å². The van der Waals surface area contributed by atoms with Gasteiger partial charge in [-0.05, 0) is 24.3 Å². The van der Waals surface area contributed by atoms with Gasteiger partial charge in [0.05, 0.1) is 7.11 Å². The van der Waals surface area contributed by atoms with Gasteiger partial charge in [0, 0.05) is 10.9 Å². The predicted octanol–water partition coefficient (Wildman–Crippen LogP) is 2.44. The van der Waals surface area contributed by atoms with Gasteiger partial charge in [-0.15, -0.1) is 0 Å². The molecule has 3 nitrogen and oxygen atoms in total. The van der Waals surface area contributed by atoms with Crippen LogP contribution in [0.4, 0.5) is 0 Å². The fraction of sp³-hybridized carbons (Fsp3) is 0.455. The number of Topliss-reactive ketones (excluding diaryl/α,β-unsaturated/α-hetero) is 1. The zero-order chi connectivity index (χ0) is 11.4. The average molecular weight is 226 g/mol. The van der Waals surface area contributed by atoms with Crippen molar-refractivity contribution in [2.24, 2.45) is 5.92 Å². The first-order valence-electron chi connectivity index (χ1n) is 4.76. The highest BCUT2D eigenvalue weighted by molar-refractivity contribution is 7.08. The Kier molecular flexibility index (Phi) is 4.03. The van der Waals surface area contributed by atoms with E-state index >= 15 is 0 Å². The van der Waals surface area contributed by atoms with Crippen LogP contribution in [0.5, 0.6) is 0 Å². The molecule has 4 heteroatoms. The highest BCUT2D eigenvalue weighted by Gasteiger charge is 2.27. The fourth-order valence-corrected chi connectivity index (χ4v) is 2.24. The van der Waals surface area contributed by atoms with Gasteiger partial charge in [0.15, 0.2) is 5.78 Å². The second kappa shape index (κ2) is 5.07. The van der Waals surface area contributed by atoms with Crippen LogP contribution in [-0.4, -0.2) is 18.9 Å². The minimum absolute atomic E-state index is 0.136. The van der Waals surface area contributed by atoms with Crippen LogP contribution in [0.2, 0.25) is 0 Å². The molecule has 1 rings (SSSR count). The van der Waals surface area contributed by atoms with Crippen molar-refractivity contribution < 1.29 is 14.3 Å². The Labute approximate surface area is 93.1 Å². The predicted molar refractivity (Wildman–Crippen MR) is 59.2 cm³/mol. The standard InChI is InChI=1S/C11H14O3S/c1-4-8(11(13)14-3)10(12)9-6-15-5-7(9)2/h5-6,8H,4H2,1-3H3. The first kappa shape index (κ1) is 11.9. The molecular weight excluding hydrogens is 212 g/mol. The highest BCUT2D eigenvalue weighted by Crippen LogP contribution is 2.20. The van der Waals surface area contributed by atoms with Crippen LogP contribution in [0, 0.1) is 12.8 Å². The van der Waals surface area contributed by atoms with Crippen LogP contribution in [0.1, 0.15) is 29.3 Å². The van der Waals surface area contributed by atoms with Crippen molar-refractivity contribution in [1.29, 1.82) is 0 Å². The number of aryl methyl sites for hydroxylation is 1. The molecule has 0 aliphatic rings. The van der Waals surface area contributed by atoms with E-state index in [2.05, 4.69) is 4.74 Å². The molecule has 0 saturated heterocycles. The lowest BCUT2D eigenvalue weighted by atomic mass is 9.95. The van der Waals surface area contributed by atoms with Crippen LogP contribution in [-0.2, 0) is 9.53 Å². The number of methoxy groups -OCH3 is 1. The maximum Gasteiger partial charge on any atom is 0.316 e. The summed E-state index contributed by atoms with van der Waals surface area (Å²) in [7, 11) is 1.30. The molecule has 1 unspecified atom stereocenters. The first-order chi connectivity index (χ1) is 7.11. The number of esters is 1. The molecule has 0 saturated carbocycles. The number of hydrogen-bond donors (Lipinski definition) is 0. The molecule has 1 aromatic heterocycles. The third kappa shape index (κ3) is 2.45. The number of ether oxygens (including phenoxy) is 1. The van der Waals surface area contributed by atoms with Crippen molar-refractivity contribution in [3.8, 4) is 0 Å². The molecule has 1 atom stereocenters. The molecule has 0 fully saturated rings. The Morgan fingerprint density at radius 2 is 2.13 bits per heavy atom. The van der Waals surface area contributed by atoms with Crippen molar-refractivity contribution in [3.63, 3.8) is 0 Å². The van der Waals surface area contributed by atoms with E-state index in [1.54, 1.807) is 12.3 Å². The van der Waals surface area contributed by atoms with E-state index in [0.29, 0.717) is 12.0 Å². The Morgan fingerprint density at radius 3 is 2.53 bits per heavy atom. The van der Waals surface area contributed by atoms with E-state index in [1.165, 1.54) is 18.4 Å². The van der Waals surface area contributed by atoms with Crippen LogP contribution < -0.4 is 0 Å². The summed E-state index contributed by atoms with van der Waals surface area (Å²) in [6.07, 6.45) is 0.473. The maximum atomic E-state index is 12.0. The molecular formula is C11H14O3S. The number of carbonyl (C=O) groups excluding carboxylic acids is 2. The Morgan fingerprint density at radius 1 is 1.47 bits per heavy atom. The lowest BCUT2D eigenvalue weighted by molar-refractivity contribution is -0.143. The van der Waals surface area contributed by atoms with E-state index in [4.69, 9.17) is 0 Å². The summed E-state index contributed by atoms with van der Waals surface area (Å²) in [5, 5.41) is 3.68. The molecule has 0 N–H and O–H groups in total. The van der Waals surface area contributed by atoms with E-state index in [0.717, 1.165) is 5.56 Å². The van der Waals surface area contributed by atoms with Gasteiger partial charge in [-0.25, -0.2) is 0 Å². The van der Waals surface area contributed by atoms with Crippen LogP contribution in [0.25, 0.3) is 0 Å². The molecule has 0 aliphatic carbocycles. The van der Waals surface area contributed by atoms with Crippen molar-refractivity contribution in [2.75, 3.05) is 7.11 Å². The van der Waals surface area contributed by atoms with Crippen LogP contribution in [0.3, 0.4) is 0 Å². The SMILES string of the molecule is CCC(C(=O)OC)C(=O)c1cscc1C. The van der Waals surface area contributed by atoms with Gasteiger partial charge in [0.25, 0.3) is 0 Å². The number of carbonyl (C=O) groups is 2. The lowest BCUT2D eigenvalue weighted by Gasteiger charge is -2.10. The molecule has 82 valence electrons. The van der Waals surface area contributed by atoms with E-state index in [1.807, 2.05) is 12.3 Å². The van der Waals surface area contributed by atoms with Gasteiger partial charge in [0.2, 0.25) is 0 Å². The molecule has 15 heavy (non-hydrogen) atoms. The minimum atomic E-state index is -0.664. The van der Waals surface area contributed by atoms with Crippen LogP contribution >= 0.6 is 11.3 Å². The van der Waals surface area contributed by atoms with Crippen molar-refractivity contribution in [2.45, 2.75) is 20.3 Å². The Balaban J connectivity index is 2.92. The normalized spacial score (nSPS) is 12.2. The van der Waals surface area contributed by atoms with Gasteiger partial charge in [-0.3, -0.25) is 9.59 Å². The number of ketones is 1. The van der Waals surface area contributed by atoms with Gasteiger partial charge >= 0.3 is 5.97 Å². The maximum absolute atomic E-state index is 12.0. The largest absolute Gasteiger partial charge is 0.468 e. The van der Waals surface area contributed by atoms with Crippen molar-refractivity contribution in [1.82, 2.24) is 0 Å². The summed E-state index contributed by atoms with van der Waals surface area (Å²) in [5.41, 5.74) is 1.56. The summed E-state index contributed by atoms with van der Waals surface area (Å²) >= 11 is 1.47. The van der Waals surface area contributed by atoms with Crippen LogP contribution in [0.15, 0.2) is 10.8 Å². The number of rotatable bonds is 4. The molecule has 1 aromatic rings. The summed E-state index contributed by atoms with van der Waals surface area (Å²) in [5.74, 6) is -1.25. The summed E-state index contributed by atoms with van der Waals surface area (Å²) < 4.78 is 4.61. The van der Waals surface area contributed by atoms with Gasteiger partial charge in [0.1, 0.15) is 5.92 Å². The molecule has 0 aromatic carbocycles. The second-order valence-corrected chi connectivity index (χ2v) is 4.06. The molecule has 0 spiro atoms. The topological polar surface area (TPSA) is 43.4 Å². The zero-order valence-corrected chi connectivity index (χ0v) is 9.89. The van der Waals surface area contributed by atoms with E-state index in [-0.39, 0.29) is 5.78 Å². The van der Waals surface area contributed by atoms with Gasteiger partial charge < -0.3 is 4.74 Å². The first-order valence-corrected chi connectivity index (χ1v) is 5.70. The molecule has 0 radical (unpaired) electrons. The van der Waals surface area contributed by atoms with Crippen molar-refractivity contribution >= 4 is 23.1 Å². The number of hydrogen-bond acceptors (Lipinski definition) is 4. The molecule has 1 heterocycles. The fourth-order valence-electron chi connectivity index (χ4n) is 1.40. The van der Waals surface area contributed by atoms with Gasteiger partial charge in [-0.2, -0.15) is 11.3 Å². The average Bonchev–Trinajstić information content (AvgIpc) is 2.65. The highest BCUT2D eigenvalue weighted by atomic mass is 32.1. The third-order valence-corrected chi connectivity index (χ3v) is 3.19.